The highest BCUT2D eigenvalue weighted by Crippen LogP contribution is 2.37. The maximum Gasteiger partial charge on any atom is 0.161 e. The summed E-state index contributed by atoms with van der Waals surface area (Å²) < 4.78 is 10.8. The molecule has 23 heavy (non-hydrogen) atoms. The van der Waals surface area contributed by atoms with Crippen molar-refractivity contribution < 1.29 is 14.6 Å². The first kappa shape index (κ1) is 15.8. The van der Waals surface area contributed by atoms with E-state index in [4.69, 9.17) is 9.47 Å². The Kier molecular flexibility index (Phi) is 4.84. The highest BCUT2D eigenvalue weighted by molar-refractivity contribution is 5.49. The molecule has 0 radical (unpaired) electrons. The number of hydrogen-bond acceptors (Lipinski definition) is 4. The number of aliphatic hydroxyl groups is 1. The lowest BCUT2D eigenvalue weighted by Crippen LogP contribution is -2.31. The summed E-state index contributed by atoms with van der Waals surface area (Å²) in [5.74, 6) is 1.49. The summed E-state index contributed by atoms with van der Waals surface area (Å²) in [5.41, 5.74) is 3.39. The number of ether oxygens (including phenoxy) is 2. The van der Waals surface area contributed by atoms with E-state index in [2.05, 4.69) is 11.4 Å². The summed E-state index contributed by atoms with van der Waals surface area (Å²) in [4.78, 5) is 0. The molecule has 0 fully saturated rings. The van der Waals surface area contributed by atoms with Gasteiger partial charge in [-0.2, -0.15) is 0 Å². The van der Waals surface area contributed by atoms with E-state index in [0.29, 0.717) is 6.42 Å². The summed E-state index contributed by atoms with van der Waals surface area (Å²) in [6.07, 6.45) is 1.09. The first-order chi connectivity index (χ1) is 11.2. The van der Waals surface area contributed by atoms with E-state index >= 15 is 0 Å². The van der Waals surface area contributed by atoms with Gasteiger partial charge < -0.3 is 19.9 Å². The molecule has 2 aromatic carbocycles. The number of aliphatic hydroxyl groups excluding tert-OH is 1. The molecule has 1 heterocycles. The Bertz CT molecular complexity index is 657. The average Bonchev–Trinajstić information content (AvgIpc) is 2.61. The number of methoxy groups -OCH3 is 2. The second-order valence-corrected chi connectivity index (χ2v) is 5.82. The lowest BCUT2D eigenvalue weighted by Gasteiger charge is -2.29. The van der Waals surface area contributed by atoms with Crippen molar-refractivity contribution in [3.05, 3.63) is 59.2 Å². The lowest BCUT2D eigenvalue weighted by molar-refractivity contribution is 0.150. The summed E-state index contributed by atoms with van der Waals surface area (Å²) in [6.45, 7) is 0.897. The first-order valence-electron chi connectivity index (χ1n) is 7.94. The number of rotatable bonds is 5. The normalized spacial score (nSPS) is 18.1. The summed E-state index contributed by atoms with van der Waals surface area (Å²) in [6, 6.07) is 14.0. The molecule has 4 heteroatoms. The van der Waals surface area contributed by atoms with E-state index in [1.54, 1.807) is 14.2 Å². The lowest BCUT2D eigenvalue weighted by atomic mass is 9.89. The maximum atomic E-state index is 10.5. The molecule has 4 nitrogen and oxygen atoms in total. The fourth-order valence-electron chi connectivity index (χ4n) is 3.21. The van der Waals surface area contributed by atoms with Crippen LogP contribution in [0.5, 0.6) is 11.5 Å². The van der Waals surface area contributed by atoms with Crippen molar-refractivity contribution in [1.29, 1.82) is 0 Å². The van der Waals surface area contributed by atoms with Crippen LogP contribution >= 0.6 is 0 Å². The van der Waals surface area contributed by atoms with Crippen molar-refractivity contribution >= 4 is 0 Å². The molecule has 2 unspecified atom stereocenters. The van der Waals surface area contributed by atoms with E-state index in [1.807, 2.05) is 36.4 Å². The maximum absolute atomic E-state index is 10.5. The molecule has 0 aromatic heterocycles. The van der Waals surface area contributed by atoms with Gasteiger partial charge in [0.15, 0.2) is 11.5 Å². The van der Waals surface area contributed by atoms with Crippen LogP contribution in [0.25, 0.3) is 0 Å². The van der Waals surface area contributed by atoms with Crippen molar-refractivity contribution in [2.75, 3.05) is 20.8 Å². The van der Waals surface area contributed by atoms with Crippen molar-refractivity contribution in [2.45, 2.75) is 25.0 Å². The van der Waals surface area contributed by atoms with E-state index in [9.17, 15) is 5.11 Å². The van der Waals surface area contributed by atoms with E-state index in [-0.39, 0.29) is 6.04 Å². The third-order valence-corrected chi connectivity index (χ3v) is 4.45. The molecule has 0 bridgehead atoms. The van der Waals surface area contributed by atoms with Crippen LogP contribution in [0.3, 0.4) is 0 Å². The Hall–Kier alpha value is -2.04. The van der Waals surface area contributed by atoms with Gasteiger partial charge in [-0.15, -0.1) is 0 Å². The zero-order valence-electron chi connectivity index (χ0n) is 13.6. The molecule has 3 rings (SSSR count). The van der Waals surface area contributed by atoms with Crippen molar-refractivity contribution in [3.63, 3.8) is 0 Å². The van der Waals surface area contributed by atoms with Crippen LogP contribution in [0, 0.1) is 0 Å². The molecule has 0 saturated carbocycles. The van der Waals surface area contributed by atoms with E-state index < -0.39 is 6.10 Å². The summed E-state index contributed by atoms with van der Waals surface area (Å²) >= 11 is 0. The highest BCUT2D eigenvalue weighted by atomic mass is 16.5. The number of benzene rings is 2. The Morgan fingerprint density at radius 1 is 1.13 bits per heavy atom. The van der Waals surface area contributed by atoms with Crippen LogP contribution in [-0.2, 0) is 6.42 Å². The highest BCUT2D eigenvalue weighted by Gasteiger charge is 2.25. The molecule has 1 aliphatic rings. The predicted molar refractivity (Wildman–Crippen MR) is 90.0 cm³/mol. The van der Waals surface area contributed by atoms with Crippen LogP contribution in [0.4, 0.5) is 0 Å². The van der Waals surface area contributed by atoms with Gasteiger partial charge in [0.05, 0.1) is 20.3 Å². The molecular formula is C19H23NO3. The van der Waals surface area contributed by atoms with Gasteiger partial charge in [0.2, 0.25) is 0 Å². The Labute approximate surface area is 137 Å². The Morgan fingerprint density at radius 2 is 1.83 bits per heavy atom. The molecule has 0 saturated heterocycles. The first-order valence-corrected chi connectivity index (χ1v) is 7.94. The average molecular weight is 313 g/mol. The van der Waals surface area contributed by atoms with E-state index in [0.717, 1.165) is 30.0 Å². The van der Waals surface area contributed by atoms with Gasteiger partial charge in [0.1, 0.15) is 0 Å². The van der Waals surface area contributed by atoms with Crippen molar-refractivity contribution in [1.82, 2.24) is 5.32 Å². The zero-order valence-corrected chi connectivity index (χ0v) is 13.6. The monoisotopic (exact) mass is 313 g/mol. The fourth-order valence-corrected chi connectivity index (χ4v) is 3.21. The molecule has 2 N–H and O–H groups in total. The summed E-state index contributed by atoms with van der Waals surface area (Å²) in [5, 5.41) is 14.0. The second-order valence-electron chi connectivity index (χ2n) is 5.82. The SMILES string of the molecule is COc1cc2c(cc1OC)C(CC(O)c1ccccc1)NCC2. The fraction of sp³-hybridized carbons (Fsp3) is 0.368. The van der Waals surface area contributed by atoms with Crippen LogP contribution < -0.4 is 14.8 Å². The third kappa shape index (κ3) is 3.33. The minimum atomic E-state index is -0.493. The minimum Gasteiger partial charge on any atom is -0.493 e. The standard InChI is InChI=1S/C19H23NO3/c1-22-18-10-14-8-9-20-16(15(14)11-19(18)23-2)12-17(21)13-6-4-3-5-7-13/h3-7,10-11,16-17,20-21H,8-9,12H2,1-2H3. The molecular weight excluding hydrogens is 290 g/mol. The topological polar surface area (TPSA) is 50.7 Å². The Morgan fingerprint density at radius 3 is 2.52 bits per heavy atom. The van der Waals surface area contributed by atoms with Gasteiger partial charge in [-0.1, -0.05) is 30.3 Å². The van der Waals surface area contributed by atoms with Crippen molar-refractivity contribution in [3.8, 4) is 11.5 Å². The molecule has 0 spiro atoms. The Balaban J connectivity index is 1.86. The molecule has 0 amide bonds. The van der Waals surface area contributed by atoms with Gasteiger partial charge in [0.25, 0.3) is 0 Å². The molecule has 0 aliphatic carbocycles. The van der Waals surface area contributed by atoms with Gasteiger partial charge in [-0.25, -0.2) is 0 Å². The summed E-state index contributed by atoms with van der Waals surface area (Å²) in [7, 11) is 3.30. The molecule has 1 aliphatic heterocycles. The van der Waals surface area contributed by atoms with Crippen LogP contribution in [-0.4, -0.2) is 25.9 Å². The number of nitrogens with one attached hydrogen (secondary N) is 1. The second kappa shape index (κ2) is 7.02. The molecule has 2 atom stereocenters. The number of hydrogen-bond donors (Lipinski definition) is 2. The predicted octanol–water partition coefficient (Wildman–Crippen LogP) is 3.01. The number of fused-ring (bicyclic) bond motifs is 1. The third-order valence-electron chi connectivity index (χ3n) is 4.45. The minimum absolute atomic E-state index is 0.105. The van der Waals surface area contributed by atoms with Gasteiger partial charge in [-0.05, 0) is 48.2 Å². The smallest absolute Gasteiger partial charge is 0.161 e. The van der Waals surface area contributed by atoms with Gasteiger partial charge in [0, 0.05) is 6.04 Å². The van der Waals surface area contributed by atoms with E-state index in [1.165, 1.54) is 11.1 Å². The largest absolute Gasteiger partial charge is 0.493 e. The van der Waals surface area contributed by atoms with Gasteiger partial charge in [-0.3, -0.25) is 0 Å². The van der Waals surface area contributed by atoms with Crippen LogP contribution in [0.15, 0.2) is 42.5 Å². The molecule has 122 valence electrons. The van der Waals surface area contributed by atoms with Crippen molar-refractivity contribution in [2.24, 2.45) is 0 Å². The zero-order chi connectivity index (χ0) is 16.2. The quantitative estimate of drug-likeness (QED) is 0.891. The van der Waals surface area contributed by atoms with Gasteiger partial charge >= 0.3 is 0 Å². The van der Waals surface area contributed by atoms with Crippen LogP contribution in [0.2, 0.25) is 0 Å². The van der Waals surface area contributed by atoms with Crippen LogP contribution in [0.1, 0.15) is 35.3 Å². The molecule has 2 aromatic rings.